The third kappa shape index (κ3) is 4.96. The van der Waals surface area contributed by atoms with Gasteiger partial charge in [0.1, 0.15) is 0 Å². The van der Waals surface area contributed by atoms with Crippen molar-refractivity contribution < 1.29 is 3.79 Å². The third-order valence-corrected chi connectivity index (χ3v) is 2.40. The van der Waals surface area contributed by atoms with Crippen molar-refractivity contribution in [1.82, 2.24) is 0 Å². The van der Waals surface area contributed by atoms with Crippen LogP contribution in [-0.4, -0.2) is 20.6 Å². The fourth-order valence-corrected chi connectivity index (χ4v) is 1.76. The molecule has 0 aromatic carbocycles. The lowest BCUT2D eigenvalue weighted by molar-refractivity contribution is 0.172. The lowest BCUT2D eigenvalue weighted by Crippen LogP contribution is -2.22. The Labute approximate surface area is 63.1 Å². The van der Waals surface area contributed by atoms with Gasteiger partial charge in [-0.25, -0.2) is 0 Å². The molecule has 2 heteroatoms. The molecule has 0 saturated heterocycles. The molecule has 0 radical (unpaired) electrons. The highest BCUT2D eigenvalue weighted by Gasteiger charge is 2.11. The molecular weight excluding hydrogens is 127 g/mol. The Morgan fingerprint density at radius 1 is 1.11 bits per heavy atom. The summed E-state index contributed by atoms with van der Waals surface area (Å²) in [4.78, 5) is 0. The fraction of sp³-hybridized carbons (Fsp3) is 1.00. The van der Waals surface area contributed by atoms with Crippen LogP contribution < -0.4 is 0 Å². The van der Waals surface area contributed by atoms with Crippen LogP contribution in [0.15, 0.2) is 0 Å². The molecule has 0 aromatic heterocycles. The molecule has 9 heavy (non-hydrogen) atoms. The minimum atomic E-state index is -0.785. The molecule has 0 heterocycles. The van der Waals surface area contributed by atoms with E-state index < -0.39 is 14.5 Å². The molecule has 0 saturated carbocycles. The molecule has 54 valence electrons. The molecule has 0 aliphatic carbocycles. The topological polar surface area (TPSA) is 9.23 Å². The van der Waals surface area contributed by atoms with E-state index in [4.69, 9.17) is 3.79 Å². The molecule has 0 spiro atoms. The maximum absolute atomic E-state index is 5.65. The van der Waals surface area contributed by atoms with Crippen LogP contribution >= 0.6 is 0 Å². The van der Waals surface area contributed by atoms with Gasteiger partial charge in [0.25, 0.3) is 0 Å². The lowest BCUT2D eigenvalue weighted by atomic mass is 10.1. The molecule has 0 aliphatic heterocycles. The van der Waals surface area contributed by atoms with Crippen molar-refractivity contribution in [3.63, 3.8) is 0 Å². The van der Waals surface area contributed by atoms with Gasteiger partial charge in [-0.05, 0) is 12.8 Å². The van der Waals surface area contributed by atoms with E-state index in [1.165, 1.54) is 0 Å². The zero-order chi connectivity index (χ0) is 7.44. The first kappa shape index (κ1) is 9.49. The average Bonchev–Trinajstić information content (AvgIpc) is 1.63. The van der Waals surface area contributed by atoms with Crippen LogP contribution in [0.2, 0.25) is 11.6 Å². The third-order valence-electron chi connectivity index (χ3n) is 1.43. The van der Waals surface area contributed by atoms with E-state index in [1.807, 2.05) is 0 Å². The van der Waals surface area contributed by atoms with E-state index >= 15 is 0 Å². The molecule has 1 nitrogen and oxygen atoms in total. The number of hydrogen-bond acceptors (Lipinski definition) is 1. The van der Waals surface area contributed by atoms with Crippen LogP contribution in [0.1, 0.15) is 20.8 Å². The molecule has 0 aromatic rings. The van der Waals surface area contributed by atoms with Gasteiger partial charge in [0, 0.05) is 6.10 Å². The van der Waals surface area contributed by atoms with E-state index in [0.717, 1.165) is 0 Å². The SMILES string of the molecule is CC(C)C(C)[O][Al]([CH3])[CH3]. The van der Waals surface area contributed by atoms with Crippen molar-refractivity contribution in [2.75, 3.05) is 0 Å². The lowest BCUT2D eigenvalue weighted by Gasteiger charge is -2.18. The average molecular weight is 144 g/mol. The number of hydrogen-bond donors (Lipinski definition) is 0. The van der Waals surface area contributed by atoms with Gasteiger partial charge in [0.2, 0.25) is 0 Å². The summed E-state index contributed by atoms with van der Waals surface area (Å²) < 4.78 is 5.65. The molecule has 0 bridgehead atoms. The van der Waals surface area contributed by atoms with Crippen molar-refractivity contribution in [2.24, 2.45) is 5.92 Å². The summed E-state index contributed by atoms with van der Waals surface area (Å²) in [5, 5.41) is 0. The summed E-state index contributed by atoms with van der Waals surface area (Å²) >= 11 is -0.785. The van der Waals surface area contributed by atoms with Crippen LogP contribution in [-0.2, 0) is 3.79 Å². The highest BCUT2D eigenvalue weighted by Crippen LogP contribution is 2.05. The minimum Gasteiger partial charge on any atom is -0.498 e. The second-order valence-corrected chi connectivity index (χ2v) is 5.50. The van der Waals surface area contributed by atoms with Gasteiger partial charge in [-0.1, -0.05) is 25.4 Å². The smallest absolute Gasteiger partial charge is 0.454 e. The van der Waals surface area contributed by atoms with E-state index in [1.54, 1.807) is 0 Å². The van der Waals surface area contributed by atoms with Gasteiger partial charge in [-0.15, -0.1) is 0 Å². The predicted octanol–water partition coefficient (Wildman–Crippen LogP) is 2.30. The summed E-state index contributed by atoms with van der Waals surface area (Å²) in [7, 11) is 0. The Bertz CT molecular complexity index is 71.3. The van der Waals surface area contributed by atoms with Crippen LogP contribution in [0.25, 0.3) is 0 Å². The van der Waals surface area contributed by atoms with Gasteiger partial charge in [-0.2, -0.15) is 0 Å². The molecule has 0 N–H and O–H groups in total. The van der Waals surface area contributed by atoms with Crippen LogP contribution in [0, 0.1) is 5.92 Å². The summed E-state index contributed by atoms with van der Waals surface area (Å²) in [5.41, 5.74) is 0. The maximum atomic E-state index is 5.65. The zero-order valence-electron chi connectivity index (χ0n) is 7.14. The first-order valence-electron chi connectivity index (χ1n) is 3.69. The predicted molar refractivity (Wildman–Crippen MR) is 42.9 cm³/mol. The Morgan fingerprint density at radius 2 is 1.56 bits per heavy atom. The maximum Gasteiger partial charge on any atom is 0.454 e. The zero-order valence-corrected chi connectivity index (χ0v) is 8.29. The van der Waals surface area contributed by atoms with Crippen molar-refractivity contribution in [3.05, 3.63) is 0 Å². The second kappa shape index (κ2) is 4.33. The Balaban J connectivity index is 3.38. The van der Waals surface area contributed by atoms with E-state index in [9.17, 15) is 0 Å². The summed E-state index contributed by atoms with van der Waals surface area (Å²) in [5.74, 6) is 5.08. The standard InChI is InChI=1S/C5H11O.2CH3.Al/c1-4(2)5(3)6;;;/h4-5H,1-3H3;2*1H3;/q-1;;;+1. The largest absolute Gasteiger partial charge is 0.498 e. The van der Waals surface area contributed by atoms with Crippen molar-refractivity contribution in [1.29, 1.82) is 0 Å². The molecule has 0 rings (SSSR count). The highest BCUT2D eigenvalue weighted by molar-refractivity contribution is 6.48. The van der Waals surface area contributed by atoms with Crippen LogP contribution in [0.4, 0.5) is 0 Å². The minimum absolute atomic E-state index is 0.455. The van der Waals surface area contributed by atoms with Gasteiger partial charge in [-0.3, -0.25) is 0 Å². The molecule has 0 amide bonds. The number of rotatable bonds is 3. The van der Waals surface area contributed by atoms with Gasteiger partial charge in [0.15, 0.2) is 0 Å². The van der Waals surface area contributed by atoms with Gasteiger partial charge < -0.3 is 3.79 Å². The normalized spacial score (nSPS) is 14.0. The Kier molecular flexibility index (Phi) is 4.57. The highest BCUT2D eigenvalue weighted by atomic mass is 27.2. The Hall–Kier alpha value is 0.492. The van der Waals surface area contributed by atoms with Crippen LogP contribution in [0.5, 0.6) is 0 Å². The van der Waals surface area contributed by atoms with E-state index in [0.29, 0.717) is 12.0 Å². The van der Waals surface area contributed by atoms with Gasteiger partial charge >= 0.3 is 14.5 Å². The van der Waals surface area contributed by atoms with Crippen molar-refractivity contribution in [2.45, 2.75) is 38.4 Å². The summed E-state index contributed by atoms with van der Waals surface area (Å²) in [6.07, 6.45) is 0.455. The summed E-state index contributed by atoms with van der Waals surface area (Å²) in [6, 6.07) is 0. The van der Waals surface area contributed by atoms with Crippen molar-refractivity contribution >= 4 is 14.5 Å². The molecular formula is C7H17AlO. The van der Waals surface area contributed by atoms with Gasteiger partial charge in [0.05, 0.1) is 0 Å². The van der Waals surface area contributed by atoms with E-state index in [-0.39, 0.29) is 0 Å². The second-order valence-electron chi connectivity index (χ2n) is 3.13. The molecule has 0 fully saturated rings. The van der Waals surface area contributed by atoms with Crippen molar-refractivity contribution in [3.8, 4) is 0 Å². The molecule has 1 unspecified atom stereocenters. The van der Waals surface area contributed by atoms with E-state index in [2.05, 4.69) is 32.3 Å². The molecule has 0 aliphatic rings. The Morgan fingerprint density at radius 3 is 1.67 bits per heavy atom. The first-order valence-corrected chi connectivity index (χ1v) is 6.47. The fourth-order valence-electron chi connectivity index (χ4n) is 0.586. The summed E-state index contributed by atoms with van der Waals surface area (Å²) in [6.45, 7) is 6.54. The first-order chi connectivity index (χ1) is 4.04. The van der Waals surface area contributed by atoms with Crippen LogP contribution in [0.3, 0.4) is 0 Å². The monoisotopic (exact) mass is 144 g/mol. The molecule has 1 atom stereocenters. The quantitative estimate of drug-likeness (QED) is 0.552.